The monoisotopic (exact) mass is 249 g/mol. The molecule has 0 amide bonds. The molecule has 0 heterocycles. The van der Waals surface area contributed by atoms with Crippen molar-refractivity contribution in [1.82, 2.24) is 5.32 Å². The maximum atomic E-state index is 10.8. The lowest BCUT2D eigenvalue weighted by Crippen LogP contribution is -2.34. The highest BCUT2D eigenvalue weighted by atomic mass is 16.4. The summed E-state index contributed by atoms with van der Waals surface area (Å²) >= 11 is 0. The van der Waals surface area contributed by atoms with Crippen molar-refractivity contribution >= 4 is 5.97 Å². The zero-order valence-electron chi connectivity index (χ0n) is 11.5. The number of benzene rings is 1. The van der Waals surface area contributed by atoms with E-state index in [9.17, 15) is 4.79 Å². The summed E-state index contributed by atoms with van der Waals surface area (Å²) in [6, 6.07) is 6.36. The van der Waals surface area contributed by atoms with E-state index in [1.54, 1.807) is 0 Å². The predicted octanol–water partition coefficient (Wildman–Crippen LogP) is 2.69. The molecule has 3 nitrogen and oxygen atoms in total. The molecule has 0 aromatic heterocycles. The zero-order valence-corrected chi connectivity index (χ0v) is 11.5. The fourth-order valence-electron chi connectivity index (χ4n) is 1.99. The highest BCUT2D eigenvalue weighted by Gasteiger charge is 2.13. The minimum atomic E-state index is -0.743. The normalized spacial score (nSPS) is 12.4. The molecule has 0 radical (unpaired) electrons. The molecule has 0 aliphatic rings. The molecule has 1 aromatic carbocycles. The van der Waals surface area contributed by atoms with Gasteiger partial charge in [-0.05, 0) is 49.9 Å². The van der Waals surface area contributed by atoms with Crippen molar-refractivity contribution in [3.05, 3.63) is 34.9 Å². The number of carboxylic acids is 1. The van der Waals surface area contributed by atoms with E-state index in [0.717, 1.165) is 19.4 Å². The van der Waals surface area contributed by atoms with Gasteiger partial charge in [0, 0.05) is 6.04 Å². The van der Waals surface area contributed by atoms with E-state index in [0.29, 0.717) is 0 Å². The number of rotatable bonds is 7. The molecule has 1 aromatic rings. The second-order valence-electron chi connectivity index (χ2n) is 4.87. The first-order valence-electron chi connectivity index (χ1n) is 6.54. The number of carboxylic acid groups (broad SMARTS) is 1. The Morgan fingerprint density at radius 3 is 2.61 bits per heavy atom. The van der Waals surface area contributed by atoms with Gasteiger partial charge >= 0.3 is 5.97 Å². The van der Waals surface area contributed by atoms with Crippen LogP contribution in [0.5, 0.6) is 0 Å². The van der Waals surface area contributed by atoms with Gasteiger partial charge in [-0.3, -0.25) is 4.79 Å². The maximum Gasteiger partial charge on any atom is 0.304 e. The first-order chi connectivity index (χ1) is 8.52. The molecule has 0 aliphatic heterocycles. The van der Waals surface area contributed by atoms with Crippen molar-refractivity contribution in [3.63, 3.8) is 0 Å². The van der Waals surface area contributed by atoms with Gasteiger partial charge in [-0.25, -0.2) is 0 Å². The predicted molar refractivity (Wildman–Crippen MR) is 74.0 cm³/mol. The van der Waals surface area contributed by atoms with Crippen molar-refractivity contribution in [2.24, 2.45) is 0 Å². The molecule has 0 saturated heterocycles. The molecular formula is C15H23NO2. The third-order valence-electron chi connectivity index (χ3n) is 3.16. The first-order valence-corrected chi connectivity index (χ1v) is 6.54. The van der Waals surface area contributed by atoms with Crippen LogP contribution in [-0.4, -0.2) is 23.7 Å². The van der Waals surface area contributed by atoms with E-state index in [1.807, 2.05) is 0 Å². The number of hydrogen-bond acceptors (Lipinski definition) is 2. The van der Waals surface area contributed by atoms with Gasteiger partial charge in [0.15, 0.2) is 0 Å². The number of nitrogens with one attached hydrogen (secondary N) is 1. The van der Waals surface area contributed by atoms with E-state index >= 15 is 0 Å². The molecule has 2 N–H and O–H groups in total. The lowest BCUT2D eigenvalue weighted by Gasteiger charge is -2.17. The number of aryl methyl sites for hydroxylation is 2. The quantitative estimate of drug-likeness (QED) is 0.781. The molecule has 1 rings (SSSR count). The summed E-state index contributed by atoms with van der Waals surface area (Å²) in [6.45, 7) is 7.12. The number of hydrogen-bond donors (Lipinski definition) is 2. The number of carbonyl (C=O) groups is 1. The second-order valence-corrected chi connectivity index (χ2v) is 4.87. The largest absolute Gasteiger partial charge is 0.481 e. The van der Waals surface area contributed by atoms with Gasteiger partial charge in [0.1, 0.15) is 0 Å². The Labute approximate surface area is 109 Å². The summed E-state index contributed by atoms with van der Waals surface area (Å²) in [7, 11) is 0. The first kappa shape index (κ1) is 14.7. The van der Waals surface area contributed by atoms with E-state index in [2.05, 4.69) is 44.3 Å². The van der Waals surface area contributed by atoms with Gasteiger partial charge in [0.25, 0.3) is 0 Å². The van der Waals surface area contributed by atoms with Crippen LogP contribution in [0.4, 0.5) is 0 Å². The van der Waals surface area contributed by atoms with E-state index in [4.69, 9.17) is 5.11 Å². The Morgan fingerprint density at radius 1 is 1.33 bits per heavy atom. The summed E-state index contributed by atoms with van der Waals surface area (Å²) in [5.74, 6) is -0.743. The van der Waals surface area contributed by atoms with Gasteiger partial charge in [0.2, 0.25) is 0 Å². The van der Waals surface area contributed by atoms with E-state index < -0.39 is 5.97 Å². The SMILES string of the molecule is CCCNC(CC(=O)O)Cc1ccc(C)c(C)c1. The minimum absolute atomic E-state index is 0.0181. The molecule has 100 valence electrons. The van der Waals surface area contributed by atoms with Gasteiger partial charge in [-0.1, -0.05) is 25.1 Å². The Hall–Kier alpha value is -1.35. The molecule has 0 aliphatic carbocycles. The van der Waals surface area contributed by atoms with Gasteiger partial charge in [-0.2, -0.15) is 0 Å². The average Bonchev–Trinajstić information content (AvgIpc) is 2.30. The maximum absolute atomic E-state index is 10.8. The fourth-order valence-corrected chi connectivity index (χ4v) is 1.99. The van der Waals surface area contributed by atoms with Crippen LogP contribution in [-0.2, 0) is 11.2 Å². The van der Waals surface area contributed by atoms with Crippen molar-refractivity contribution in [1.29, 1.82) is 0 Å². The third-order valence-corrected chi connectivity index (χ3v) is 3.16. The Bertz CT molecular complexity index is 401. The van der Waals surface area contributed by atoms with Crippen LogP contribution in [0.25, 0.3) is 0 Å². The zero-order chi connectivity index (χ0) is 13.5. The lowest BCUT2D eigenvalue weighted by molar-refractivity contribution is -0.137. The highest BCUT2D eigenvalue weighted by molar-refractivity contribution is 5.67. The fraction of sp³-hybridized carbons (Fsp3) is 0.533. The topological polar surface area (TPSA) is 49.3 Å². The summed E-state index contributed by atoms with van der Waals surface area (Å²) in [5, 5.41) is 12.2. The molecule has 1 atom stereocenters. The number of aliphatic carboxylic acids is 1. The molecule has 0 fully saturated rings. The molecule has 3 heteroatoms. The van der Waals surface area contributed by atoms with Gasteiger partial charge < -0.3 is 10.4 Å². The standard InChI is InChI=1S/C15H23NO2/c1-4-7-16-14(10-15(17)18)9-13-6-5-11(2)12(3)8-13/h5-6,8,14,16H,4,7,9-10H2,1-3H3,(H,17,18). The van der Waals surface area contributed by atoms with Crippen LogP contribution in [0.3, 0.4) is 0 Å². The van der Waals surface area contributed by atoms with Gasteiger partial charge in [-0.15, -0.1) is 0 Å². The summed E-state index contributed by atoms with van der Waals surface area (Å²) in [5.41, 5.74) is 3.74. The molecule has 1 unspecified atom stereocenters. The summed E-state index contributed by atoms with van der Waals surface area (Å²) in [6.07, 6.45) is 1.96. The Kier molecular flexibility index (Phi) is 5.86. The van der Waals surface area contributed by atoms with Crippen LogP contribution in [0.2, 0.25) is 0 Å². The Balaban J connectivity index is 2.68. The van der Waals surface area contributed by atoms with Crippen molar-refractivity contribution in [2.45, 2.75) is 46.1 Å². The van der Waals surface area contributed by atoms with Crippen LogP contribution in [0.15, 0.2) is 18.2 Å². The van der Waals surface area contributed by atoms with Crippen molar-refractivity contribution in [2.75, 3.05) is 6.54 Å². The summed E-state index contributed by atoms with van der Waals surface area (Å²) < 4.78 is 0. The molecule has 18 heavy (non-hydrogen) atoms. The van der Waals surface area contributed by atoms with Crippen molar-refractivity contribution in [3.8, 4) is 0 Å². The summed E-state index contributed by atoms with van der Waals surface area (Å²) in [4.78, 5) is 10.8. The van der Waals surface area contributed by atoms with Crippen molar-refractivity contribution < 1.29 is 9.90 Å². The Morgan fingerprint density at radius 2 is 2.06 bits per heavy atom. The van der Waals surface area contributed by atoms with E-state index in [-0.39, 0.29) is 12.5 Å². The minimum Gasteiger partial charge on any atom is -0.481 e. The van der Waals surface area contributed by atoms with Gasteiger partial charge in [0.05, 0.1) is 6.42 Å². The molecule has 0 bridgehead atoms. The molecule has 0 spiro atoms. The van der Waals surface area contributed by atoms with E-state index in [1.165, 1.54) is 16.7 Å². The highest BCUT2D eigenvalue weighted by Crippen LogP contribution is 2.12. The van der Waals surface area contributed by atoms with Crippen LogP contribution in [0, 0.1) is 13.8 Å². The molecular weight excluding hydrogens is 226 g/mol. The molecule has 0 saturated carbocycles. The van der Waals surface area contributed by atoms with Crippen LogP contribution in [0.1, 0.15) is 36.5 Å². The second kappa shape index (κ2) is 7.17. The average molecular weight is 249 g/mol. The third kappa shape index (κ3) is 4.88. The smallest absolute Gasteiger partial charge is 0.304 e. The lowest BCUT2D eigenvalue weighted by atomic mass is 9.99. The van der Waals surface area contributed by atoms with Crippen LogP contribution < -0.4 is 5.32 Å². The van der Waals surface area contributed by atoms with Crippen LogP contribution >= 0.6 is 0 Å².